The lowest BCUT2D eigenvalue weighted by atomic mass is 10.1. The first kappa shape index (κ1) is 14.9. The fraction of sp³-hybridized carbons (Fsp3) is 1.00. The van der Waals surface area contributed by atoms with Crippen LogP contribution in [-0.2, 0) is 14.6 Å². The quantitative estimate of drug-likeness (QED) is 0.495. The molecule has 0 fully saturated rings. The SMILES string of the molecule is CCCCCC[C@H](CCC)OS(=O)(=O)O. The minimum atomic E-state index is -4.29. The molecular formula is C10H22O4S. The Balaban J connectivity index is 3.83. The number of rotatable bonds is 9. The van der Waals surface area contributed by atoms with Crippen LogP contribution in [0.25, 0.3) is 0 Å². The average Bonchev–Trinajstić information content (AvgIpc) is 2.10. The molecule has 0 spiro atoms. The molecule has 0 saturated carbocycles. The first-order valence-electron chi connectivity index (χ1n) is 5.65. The Morgan fingerprint density at radius 3 is 2.20 bits per heavy atom. The molecular weight excluding hydrogens is 216 g/mol. The molecule has 0 aromatic heterocycles. The van der Waals surface area contributed by atoms with Crippen LogP contribution >= 0.6 is 0 Å². The Bertz CT molecular complexity index is 236. The highest BCUT2D eigenvalue weighted by atomic mass is 32.3. The summed E-state index contributed by atoms with van der Waals surface area (Å²) in [7, 11) is -4.29. The van der Waals surface area contributed by atoms with Crippen molar-refractivity contribution >= 4 is 10.4 Å². The van der Waals surface area contributed by atoms with E-state index in [2.05, 4.69) is 11.1 Å². The molecule has 0 bridgehead atoms. The zero-order valence-corrected chi connectivity index (χ0v) is 10.4. The van der Waals surface area contributed by atoms with E-state index in [4.69, 9.17) is 4.55 Å². The molecule has 0 unspecified atom stereocenters. The summed E-state index contributed by atoms with van der Waals surface area (Å²) in [5.41, 5.74) is 0. The first-order valence-corrected chi connectivity index (χ1v) is 7.01. The maximum atomic E-state index is 10.5. The smallest absolute Gasteiger partial charge is 0.264 e. The molecule has 0 saturated heterocycles. The van der Waals surface area contributed by atoms with Gasteiger partial charge in [-0.05, 0) is 12.8 Å². The lowest BCUT2D eigenvalue weighted by Gasteiger charge is -2.14. The van der Waals surface area contributed by atoms with Crippen molar-refractivity contribution in [1.82, 2.24) is 0 Å². The summed E-state index contributed by atoms with van der Waals surface area (Å²) in [6.45, 7) is 4.09. The van der Waals surface area contributed by atoms with Crippen LogP contribution in [0.1, 0.15) is 58.8 Å². The van der Waals surface area contributed by atoms with Crippen molar-refractivity contribution in [2.24, 2.45) is 0 Å². The molecule has 92 valence electrons. The molecule has 0 aliphatic rings. The number of hydrogen-bond acceptors (Lipinski definition) is 3. The van der Waals surface area contributed by atoms with Crippen LogP contribution in [0, 0.1) is 0 Å². The van der Waals surface area contributed by atoms with Gasteiger partial charge < -0.3 is 0 Å². The molecule has 15 heavy (non-hydrogen) atoms. The standard InChI is InChI=1S/C10H22O4S/c1-3-5-6-7-9-10(8-4-2)14-15(11,12)13/h10H,3-9H2,1-2H3,(H,11,12,13)/t10-/m0/s1. The molecule has 1 N–H and O–H groups in total. The van der Waals surface area contributed by atoms with Gasteiger partial charge in [0, 0.05) is 0 Å². The molecule has 5 heteroatoms. The van der Waals surface area contributed by atoms with Crippen molar-refractivity contribution in [2.75, 3.05) is 0 Å². The highest BCUT2D eigenvalue weighted by Crippen LogP contribution is 2.14. The van der Waals surface area contributed by atoms with Crippen LogP contribution in [0.2, 0.25) is 0 Å². The zero-order chi connectivity index (χ0) is 11.7. The summed E-state index contributed by atoms with van der Waals surface area (Å²) in [6, 6.07) is 0. The van der Waals surface area contributed by atoms with Crippen LogP contribution in [0.5, 0.6) is 0 Å². The Hall–Kier alpha value is -0.130. The van der Waals surface area contributed by atoms with E-state index in [1.165, 1.54) is 0 Å². The summed E-state index contributed by atoms with van der Waals surface area (Å²) in [6.07, 6.45) is 6.22. The molecule has 4 nitrogen and oxygen atoms in total. The van der Waals surface area contributed by atoms with Gasteiger partial charge in [-0.15, -0.1) is 0 Å². The predicted molar refractivity (Wildman–Crippen MR) is 60.1 cm³/mol. The van der Waals surface area contributed by atoms with Crippen molar-refractivity contribution < 1.29 is 17.2 Å². The second-order valence-electron chi connectivity index (χ2n) is 3.78. The molecule has 0 amide bonds. The van der Waals surface area contributed by atoms with Gasteiger partial charge in [0.1, 0.15) is 0 Å². The first-order chi connectivity index (χ1) is 6.99. The molecule has 0 aromatic rings. The van der Waals surface area contributed by atoms with Gasteiger partial charge in [0.25, 0.3) is 0 Å². The van der Waals surface area contributed by atoms with E-state index < -0.39 is 10.4 Å². The van der Waals surface area contributed by atoms with Gasteiger partial charge in [0.15, 0.2) is 0 Å². The van der Waals surface area contributed by atoms with Crippen molar-refractivity contribution in [1.29, 1.82) is 0 Å². The van der Waals surface area contributed by atoms with Gasteiger partial charge in [0.05, 0.1) is 6.10 Å². The molecule has 0 radical (unpaired) electrons. The fourth-order valence-electron chi connectivity index (χ4n) is 1.53. The number of hydrogen-bond donors (Lipinski definition) is 1. The maximum absolute atomic E-state index is 10.5. The zero-order valence-electron chi connectivity index (χ0n) is 9.61. The van der Waals surface area contributed by atoms with Crippen molar-refractivity contribution in [3.63, 3.8) is 0 Å². The fourth-order valence-corrected chi connectivity index (χ4v) is 2.07. The van der Waals surface area contributed by atoms with Gasteiger partial charge in [0.2, 0.25) is 0 Å². The average molecular weight is 238 g/mol. The lowest BCUT2D eigenvalue weighted by Crippen LogP contribution is -2.17. The highest BCUT2D eigenvalue weighted by molar-refractivity contribution is 7.80. The second kappa shape index (κ2) is 8.07. The van der Waals surface area contributed by atoms with Gasteiger partial charge in [-0.1, -0.05) is 46.0 Å². The number of unbranched alkanes of at least 4 members (excludes halogenated alkanes) is 3. The Labute approximate surface area is 93.0 Å². The molecule has 0 aliphatic heterocycles. The van der Waals surface area contributed by atoms with Crippen molar-refractivity contribution in [3.05, 3.63) is 0 Å². The summed E-state index contributed by atoms with van der Waals surface area (Å²) < 4.78 is 34.2. The second-order valence-corrected chi connectivity index (χ2v) is 4.83. The van der Waals surface area contributed by atoms with Crippen LogP contribution in [0.15, 0.2) is 0 Å². The van der Waals surface area contributed by atoms with Crippen LogP contribution in [-0.4, -0.2) is 19.1 Å². The summed E-state index contributed by atoms with van der Waals surface area (Å²) >= 11 is 0. The van der Waals surface area contributed by atoms with E-state index in [9.17, 15) is 8.42 Å². The summed E-state index contributed by atoms with van der Waals surface area (Å²) in [5, 5.41) is 0. The molecule has 1 atom stereocenters. The summed E-state index contributed by atoms with van der Waals surface area (Å²) in [5.74, 6) is 0. The van der Waals surface area contributed by atoms with Gasteiger partial charge in [-0.3, -0.25) is 4.55 Å². The molecule has 0 rings (SSSR count). The van der Waals surface area contributed by atoms with E-state index in [0.29, 0.717) is 12.8 Å². The largest absolute Gasteiger partial charge is 0.397 e. The monoisotopic (exact) mass is 238 g/mol. The third-order valence-corrected chi connectivity index (χ3v) is 2.76. The van der Waals surface area contributed by atoms with E-state index in [1.807, 2.05) is 6.92 Å². The Kier molecular flexibility index (Phi) is 8.00. The summed E-state index contributed by atoms with van der Waals surface area (Å²) in [4.78, 5) is 0. The molecule has 0 heterocycles. The van der Waals surface area contributed by atoms with Gasteiger partial charge in [-0.25, -0.2) is 4.18 Å². The van der Waals surface area contributed by atoms with Crippen LogP contribution in [0.4, 0.5) is 0 Å². The molecule has 0 aromatic carbocycles. The lowest BCUT2D eigenvalue weighted by molar-refractivity contribution is 0.160. The Morgan fingerprint density at radius 1 is 1.07 bits per heavy atom. The minimum Gasteiger partial charge on any atom is -0.264 e. The van der Waals surface area contributed by atoms with E-state index in [-0.39, 0.29) is 6.10 Å². The van der Waals surface area contributed by atoms with Crippen LogP contribution < -0.4 is 0 Å². The van der Waals surface area contributed by atoms with E-state index in [1.54, 1.807) is 0 Å². The van der Waals surface area contributed by atoms with Gasteiger partial charge >= 0.3 is 10.4 Å². The minimum absolute atomic E-state index is 0.359. The third kappa shape index (κ3) is 10.2. The Morgan fingerprint density at radius 2 is 1.73 bits per heavy atom. The normalized spacial score (nSPS) is 14.1. The van der Waals surface area contributed by atoms with E-state index in [0.717, 1.165) is 32.1 Å². The molecule has 0 aliphatic carbocycles. The van der Waals surface area contributed by atoms with E-state index >= 15 is 0 Å². The third-order valence-electron chi connectivity index (χ3n) is 2.25. The van der Waals surface area contributed by atoms with Gasteiger partial charge in [-0.2, -0.15) is 8.42 Å². The van der Waals surface area contributed by atoms with Crippen molar-refractivity contribution in [3.8, 4) is 0 Å². The van der Waals surface area contributed by atoms with Crippen LogP contribution in [0.3, 0.4) is 0 Å². The maximum Gasteiger partial charge on any atom is 0.397 e. The predicted octanol–water partition coefficient (Wildman–Crippen LogP) is 2.94. The highest BCUT2D eigenvalue weighted by Gasteiger charge is 2.15. The van der Waals surface area contributed by atoms with Crippen molar-refractivity contribution in [2.45, 2.75) is 64.9 Å². The topological polar surface area (TPSA) is 63.6 Å².